The maximum absolute atomic E-state index is 10.1. The Hall–Kier alpha value is -0.570. The summed E-state index contributed by atoms with van der Waals surface area (Å²) in [6.45, 7) is 2.39. The van der Waals surface area contributed by atoms with Crippen LogP contribution in [-0.4, -0.2) is 17.6 Å². The minimum atomic E-state index is -0.728. The first-order valence-corrected chi connectivity index (χ1v) is 2.70. The third-order valence-electron chi connectivity index (χ3n) is 1.06. The molecule has 3 heteroatoms. The molecule has 1 unspecified atom stereocenters. The van der Waals surface area contributed by atoms with Crippen LogP contribution in [0.3, 0.4) is 0 Å². The van der Waals surface area contributed by atoms with Gasteiger partial charge in [-0.3, -0.25) is 4.79 Å². The summed E-state index contributed by atoms with van der Waals surface area (Å²) in [7, 11) is 0. The first kappa shape index (κ1) is 7.43. The molecule has 0 aromatic carbocycles. The van der Waals surface area contributed by atoms with E-state index in [2.05, 4.69) is 5.73 Å². The molecule has 0 saturated carbocycles. The molecule has 0 rings (SSSR count). The molecule has 0 bridgehead atoms. The van der Waals surface area contributed by atoms with E-state index in [4.69, 9.17) is 5.11 Å². The fourth-order valence-corrected chi connectivity index (χ4v) is 0.430. The Labute approximate surface area is 48.5 Å². The lowest BCUT2D eigenvalue weighted by Gasteiger charge is -1.98. The number of quaternary nitrogens is 1. The van der Waals surface area contributed by atoms with E-state index in [9.17, 15) is 4.79 Å². The van der Waals surface area contributed by atoms with Gasteiger partial charge in [-0.05, 0) is 0 Å². The summed E-state index contributed by atoms with van der Waals surface area (Å²) >= 11 is 0. The second-order valence-corrected chi connectivity index (χ2v) is 1.88. The summed E-state index contributed by atoms with van der Waals surface area (Å²) in [5, 5.41) is 8.29. The minimum absolute atomic E-state index is 0.229. The highest BCUT2D eigenvalue weighted by molar-refractivity contribution is 5.69. The summed E-state index contributed by atoms with van der Waals surface area (Å²) in [6, 6.07) is 0. The van der Waals surface area contributed by atoms with Crippen molar-refractivity contribution in [2.24, 2.45) is 5.92 Å². The molecule has 0 radical (unpaired) electrons. The zero-order valence-corrected chi connectivity index (χ0v) is 5.05. The quantitative estimate of drug-likeness (QED) is 0.516. The Balaban J connectivity index is 3.32. The fourth-order valence-electron chi connectivity index (χ4n) is 0.430. The highest BCUT2D eigenvalue weighted by Crippen LogP contribution is 1.97. The van der Waals surface area contributed by atoms with Gasteiger partial charge in [0.1, 0.15) is 0 Å². The van der Waals surface area contributed by atoms with Gasteiger partial charge in [0, 0.05) is 6.42 Å². The van der Waals surface area contributed by atoms with Crippen LogP contribution in [0.25, 0.3) is 0 Å². The second kappa shape index (κ2) is 3.43. The van der Waals surface area contributed by atoms with Crippen LogP contribution >= 0.6 is 0 Å². The lowest BCUT2D eigenvalue weighted by molar-refractivity contribution is -0.369. The van der Waals surface area contributed by atoms with E-state index in [0.29, 0.717) is 13.0 Å². The monoisotopic (exact) mass is 118 g/mol. The summed E-state index contributed by atoms with van der Waals surface area (Å²) in [4.78, 5) is 10.1. The van der Waals surface area contributed by atoms with E-state index >= 15 is 0 Å². The SMILES string of the molecule is CC(CC[NH3+])C(=O)O. The summed E-state index contributed by atoms with van der Waals surface area (Å²) < 4.78 is 0. The molecular formula is C5H12NO2+. The van der Waals surface area contributed by atoms with Gasteiger partial charge in [-0.1, -0.05) is 6.92 Å². The molecule has 4 N–H and O–H groups in total. The van der Waals surface area contributed by atoms with Gasteiger partial charge in [-0.2, -0.15) is 0 Å². The van der Waals surface area contributed by atoms with Gasteiger partial charge in [0.2, 0.25) is 0 Å². The van der Waals surface area contributed by atoms with E-state index < -0.39 is 5.97 Å². The zero-order valence-electron chi connectivity index (χ0n) is 5.05. The first-order chi connectivity index (χ1) is 3.68. The van der Waals surface area contributed by atoms with Crippen molar-refractivity contribution in [3.05, 3.63) is 0 Å². The lowest BCUT2D eigenvalue weighted by atomic mass is 10.1. The molecule has 0 heterocycles. The number of hydrogen-bond acceptors (Lipinski definition) is 1. The number of rotatable bonds is 3. The molecule has 3 nitrogen and oxygen atoms in total. The van der Waals surface area contributed by atoms with Crippen LogP contribution in [0.15, 0.2) is 0 Å². The molecule has 0 aliphatic carbocycles. The van der Waals surface area contributed by atoms with E-state index in [1.54, 1.807) is 6.92 Å². The molecule has 0 aromatic rings. The molecule has 0 aliphatic rings. The molecule has 48 valence electrons. The predicted molar refractivity (Wildman–Crippen MR) is 29.2 cm³/mol. The predicted octanol–water partition coefficient (Wildman–Crippen LogP) is -0.661. The molecule has 0 saturated heterocycles. The van der Waals surface area contributed by atoms with Crippen molar-refractivity contribution in [2.75, 3.05) is 6.54 Å². The number of carboxylic acid groups (broad SMARTS) is 1. The van der Waals surface area contributed by atoms with Crippen LogP contribution in [0, 0.1) is 5.92 Å². The number of hydrogen-bond donors (Lipinski definition) is 2. The van der Waals surface area contributed by atoms with Crippen molar-refractivity contribution < 1.29 is 15.6 Å². The molecular weight excluding hydrogens is 106 g/mol. The van der Waals surface area contributed by atoms with E-state index in [0.717, 1.165) is 0 Å². The maximum Gasteiger partial charge on any atom is 0.306 e. The third kappa shape index (κ3) is 2.58. The summed E-state index contributed by atoms with van der Waals surface area (Å²) in [5.74, 6) is -0.957. The van der Waals surface area contributed by atoms with Crippen molar-refractivity contribution in [1.29, 1.82) is 0 Å². The summed E-state index contributed by atoms with van der Waals surface area (Å²) in [5.41, 5.74) is 3.54. The van der Waals surface area contributed by atoms with Crippen LogP contribution in [-0.2, 0) is 4.79 Å². The topological polar surface area (TPSA) is 64.9 Å². The Morgan fingerprint density at radius 2 is 2.38 bits per heavy atom. The van der Waals surface area contributed by atoms with E-state index in [-0.39, 0.29) is 5.92 Å². The molecule has 0 amide bonds. The van der Waals surface area contributed by atoms with Crippen LogP contribution in [0.5, 0.6) is 0 Å². The van der Waals surface area contributed by atoms with Gasteiger partial charge in [0.15, 0.2) is 0 Å². The van der Waals surface area contributed by atoms with Gasteiger partial charge in [0.25, 0.3) is 0 Å². The molecule has 0 aliphatic heterocycles. The highest BCUT2D eigenvalue weighted by atomic mass is 16.4. The number of carboxylic acids is 1. The van der Waals surface area contributed by atoms with Gasteiger partial charge in [0.05, 0.1) is 12.5 Å². The Morgan fingerprint density at radius 3 is 2.50 bits per heavy atom. The largest absolute Gasteiger partial charge is 0.481 e. The van der Waals surface area contributed by atoms with Gasteiger partial charge < -0.3 is 10.8 Å². The first-order valence-electron chi connectivity index (χ1n) is 2.70. The van der Waals surface area contributed by atoms with Crippen molar-refractivity contribution in [2.45, 2.75) is 13.3 Å². The highest BCUT2D eigenvalue weighted by Gasteiger charge is 2.08. The van der Waals surface area contributed by atoms with E-state index in [1.165, 1.54) is 0 Å². The Kier molecular flexibility index (Phi) is 3.19. The Bertz CT molecular complexity index is 82.5. The molecule has 8 heavy (non-hydrogen) atoms. The normalized spacial score (nSPS) is 13.2. The van der Waals surface area contributed by atoms with Crippen LogP contribution in [0.1, 0.15) is 13.3 Å². The molecule has 0 spiro atoms. The van der Waals surface area contributed by atoms with Crippen molar-refractivity contribution in [1.82, 2.24) is 0 Å². The zero-order chi connectivity index (χ0) is 6.57. The average molecular weight is 118 g/mol. The molecule has 0 fully saturated rings. The molecule has 1 atom stereocenters. The second-order valence-electron chi connectivity index (χ2n) is 1.88. The standard InChI is InChI=1S/C5H11NO2/c1-4(2-3-6)5(7)8/h4H,2-3,6H2,1H3,(H,7,8)/p+1. The van der Waals surface area contributed by atoms with Crippen molar-refractivity contribution >= 4 is 5.97 Å². The third-order valence-corrected chi connectivity index (χ3v) is 1.06. The van der Waals surface area contributed by atoms with E-state index in [1.807, 2.05) is 0 Å². The smallest absolute Gasteiger partial charge is 0.306 e. The van der Waals surface area contributed by atoms with Gasteiger partial charge in [-0.25, -0.2) is 0 Å². The fraction of sp³-hybridized carbons (Fsp3) is 0.800. The number of carbonyl (C=O) groups is 1. The van der Waals surface area contributed by atoms with Gasteiger partial charge >= 0.3 is 5.97 Å². The van der Waals surface area contributed by atoms with Crippen molar-refractivity contribution in [3.63, 3.8) is 0 Å². The van der Waals surface area contributed by atoms with Crippen LogP contribution in [0.4, 0.5) is 0 Å². The maximum atomic E-state index is 10.1. The average Bonchev–Trinajstić information content (AvgIpc) is 1.67. The lowest BCUT2D eigenvalue weighted by Crippen LogP contribution is -2.51. The van der Waals surface area contributed by atoms with Crippen molar-refractivity contribution in [3.8, 4) is 0 Å². The number of aliphatic carboxylic acids is 1. The summed E-state index contributed by atoms with van der Waals surface area (Å²) in [6.07, 6.45) is 0.676. The minimum Gasteiger partial charge on any atom is -0.481 e. The van der Waals surface area contributed by atoms with Crippen LogP contribution in [0.2, 0.25) is 0 Å². The molecule has 0 aromatic heterocycles. The Morgan fingerprint density at radius 1 is 1.88 bits per heavy atom. The van der Waals surface area contributed by atoms with Crippen LogP contribution < -0.4 is 5.73 Å². The van der Waals surface area contributed by atoms with Gasteiger partial charge in [-0.15, -0.1) is 0 Å².